The van der Waals surface area contributed by atoms with Crippen molar-refractivity contribution in [3.63, 3.8) is 0 Å². The molecule has 4 heteroatoms. The minimum atomic E-state index is 0.118. The van der Waals surface area contributed by atoms with Gasteiger partial charge in [0.25, 0.3) is 0 Å². The Hall–Kier alpha value is -2.46. The van der Waals surface area contributed by atoms with Crippen molar-refractivity contribution < 1.29 is 9.59 Å². The number of hydrogen-bond acceptors (Lipinski definition) is 3. The van der Waals surface area contributed by atoms with Crippen LogP contribution in [0.5, 0.6) is 0 Å². The van der Waals surface area contributed by atoms with E-state index < -0.39 is 0 Å². The Balaban J connectivity index is 1.39. The second-order valence-corrected chi connectivity index (χ2v) is 8.25. The Bertz CT molecular complexity index is 811. The maximum absolute atomic E-state index is 12.5. The second kappa shape index (κ2) is 10.4. The molecule has 1 fully saturated rings. The lowest BCUT2D eigenvalue weighted by Gasteiger charge is -2.32. The Morgan fingerprint density at radius 3 is 2.38 bits per heavy atom. The summed E-state index contributed by atoms with van der Waals surface area (Å²) in [5.74, 6) is 0.980. The van der Waals surface area contributed by atoms with Gasteiger partial charge in [0.15, 0.2) is 5.78 Å². The molecule has 1 aliphatic heterocycles. The molecule has 0 unspecified atom stereocenters. The molecule has 0 saturated carbocycles. The molecule has 1 amide bonds. The summed E-state index contributed by atoms with van der Waals surface area (Å²) in [4.78, 5) is 28.3. The Morgan fingerprint density at radius 1 is 1.00 bits per heavy atom. The van der Waals surface area contributed by atoms with Gasteiger partial charge < -0.3 is 4.90 Å². The van der Waals surface area contributed by atoms with Gasteiger partial charge in [-0.1, -0.05) is 48.5 Å². The zero-order valence-corrected chi connectivity index (χ0v) is 17.6. The van der Waals surface area contributed by atoms with E-state index in [2.05, 4.69) is 23.1 Å². The van der Waals surface area contributed by atoms with Gasteiger partial charge in [0, 0.05) is 32.1 Å². The number of nitrogens with zero attached hydrogens (tertiary/aromatic N) is 2. The molecule has 0 aromatic heterocycles. The number of rotatable bonds is 8. The van der Waals surface area contributed by atoms with E-state index in [0.717, 1.165) is 44.5 Å². The van der Waals surface area contributed by atoms with Gasteiger partial charge in [0.05, 0.1) is 0 Å². The van der Waals surface area contributed by atoms with Crippen molar-refractivity contribution in [1.29, 1.82) is 0 Å². The fraction of sp³-hybridized carbons (Fsp3) is 0.440. The van der Waals surface area contributed by atoms with Crippen LogP contribution < -0.4 is 0 Å². The maximum atomic E-state index is 12.5. The average Bonchev–Trinajstić information content (AvgIpc) is 2.74. The monoisotopic (exact) mass is 392 g/mol. The van der Waals surface area contributed by atoms with Crippen LogP contribution in [0.25, 0.3) is 0 Å². The summed E-state index contributed by atoms with van der Waals surface area (Å²) < 4.78 is 0. The number of piperidine rings is 1. The Morgan fingerprint density at radius 2 is 1.69 bits per heavy atom. The smallest absolute Gasteiger partial charge is 0.222 e. The molecule has 0 spiro atoms. The highest BCUT2D eigenvalue weighted by molar-refractivity contribution is 5.94. The third kappa shape index (κ3) is 6.53. The standard InChI is InChI=1S/C25H32N2O2/c1-20(28)24-10-6-9-23(17-24)19-27-15-13-21(14-16-27)11-12-25(29)26(2)18-22-7-4-3-5-8-22/h3-10,17,21H,11-16,18-19H2,1-2H3. The lowest BCUT2D eigenvalue weighted by atomic mass is 9.91. The Kier molecular flexibility index (Phi) is 7.59. The molecule has 154 valence electrons. The highest BCUT2D eigenvalue weighted by Crippen LogP contribution is 2.24. The summed E-state index contributed by atoms with van der Waals surface area (Å²) >= 11 is 0. The first-order chi connectivity index (χ1) is 14.0. The first-order valence-corrected chi connectivity index (χ1v) is 10.6. The van der Waals surface area contributed by atoms with Crippen LogP contribution in [0.4, 0.5) is 0 Å². The average molecular weight is 393 g/mol. The van der Waals surface area contributed by atoms with E-state index in [0.29, 0.717) is 18.9 Å². The lowest BCUT2D eigenvalue weighted by molar-refractivity contribution is -0.130. The number of amides is 1. The van der Waals surface area contributed by atoms with E-state index in [1.54, 1.807) is 6.92 Å². The third-order valence-electron chi connectivity index (χ3n) is 5.90. The van der Waals surface area contributed by atoms with Gasteiger partial charge >= 0.3 is 0 Å². The summed E-state index contributed by atoms with van der Waals surface area (Å²) in [6, 6.07) is 18.1. The molecule has 1 saturated heterocycles. The van der Waals surface area contributed by atoms with Crippen molar-refractivity contribution in [3.8, 4) is 0 Å². The molecule has 1 aliphatic rings. The number of carbonyl (C=O) groups is 2. The number of ketones is 1. The fourth-order valence-corrected chi connectivity index (χ4v) is 4.04. The van der Waals surface area contributed by atoms with Crippen LogP contribution in [-0.2, 0) is 17.9 Å². The molecule has 0 aliphatic carbocycles. The predicted molar refractivity (Wildman–Crippen MR) is 117 cm³/mol. The second-order valence-electron chi connectivity index (χ2n) is 8.25. The van der Waals surface area contributed by atoms with Gasteiger partial charge in [-0.2, -0.15) is 0 Å². The normalized spacial score (nSPS) is 15.2. The molecule has 2 aromatic rings. The van der Waals surface area contributed by atoms with Crippen molar-refractivity contribution in [3.05, 3.63) is 71.3 Å². The summed E-state index contributed by atoms with van der Waals surface area (Å²) in [7, 11) is 1.90. The molecule has 0 N–H and O–H groups in total. The van der Waals surface area contributed by atoms with Crippen LogP contribution in [-0.4, -0.2) is 41.6 Å². The van der Waals surface area contributed by atoms with E-state index in [9.17, 15) is 9.59 Å². The molecular formula is C25H32N2O2. The van der Waals surface area contributed by atoms with Crippen molar-refractivity contribution in [2.24, 2.45) is 5.92 Å². The van der Waals surface area contributed by atoms with Gasteiger partial charge in [0.1, 0.15) is 0 Å². The van der Waals surface area contributed by atoms with Crippen LogP contribution in [0.1, 0.15) is 54.1 Å². The zero-order valence-electron chi connectivity index (χ0n) is 17.6. The van der Waals surface area contributed by atoms with E-state index in [-0.39, 0.29) is 11.7 Å². The molecule has 1 heterocycles. The molecular weight excluding hydrogens is 360 g/mol. The SMILES string of the molecule is CC(=O)c1cccc(CN2CCC(CCC(=O)N(C)Cc3ccccc3)CC2)c1. The van der Waals surface area contributed by atoms with E-state index in [1.807, 2.05) is 48.3 Å². The molecule has 0 atom stereocenters. The molecule has 4 nitrogen and oxygen atoms in total. The fourth-order valence-electron chi connectivity index (χ4n) is 4.04. The molecule has 0 bridgehead atoms. The van der Waals surface area contributed by atoms with Crippen LogP contribution in [0.3, 0.4) is 0 Å². The number of benzene rings is 2. The van der Waals surface area contributed by atoms with Gasteiger partial charge in [-0.05, 0) is 62.4 Å². The van der Waals surface area contributed by atoms with Crippen LogP contribution in [0, 0.1) is 5.92 Å². The van der Waals surface area contributed by atoms with Gasteiger partial charge in [-0.15, -0.1) is 0 Å². The van der Waals surface area contributed by atoms with Gasteiger partial charge in [0.2, 0.25) is 5.91 Å². The lowest BCUT2D eigenvalue weighted by Crippen LogP contribution is -2.34. The van der Waals surface area contributed by atoms with E-state index in [1.165, 1.54) is 11.1 Å². The van der Waals surface area contributed by atoms with Gasteiger partial charge in [-0.3, -0.25) is 14.5 Å². The van der Waals surface area contributed by atoms with Crippen LogP contribution in [0.15, 0.2) is 54.6 Å². The first-order valence-electron chi connectivity index (χ1n) is 10.6. The molecule has 0 radical (unpaired) electrons. The van der Waals surface area contributed by atoms with Crippen LogP contribution >= 0.6 is 0 Å². The van der Waals surface area contributed by atoms with Crippen molar-refractivity contribution in [1.82, 2.24) is 9.80 Å². The Labute approximate surface area is 174 Å². The number of carbonyl (C=O) groups excluding carboxylic acids is 2. The molecule has 2 aromatic carbocycles. The summed E-state index contributed by atoms with van der Waals surface area (Å²) in [5, 5.41) is 0. The zero-order chi connectivity index (χ0) is 20.6. The summed E-state index contributed by atoms with van der Waals surface area (Å²) in [5.41, 5.74) is 3.16. The largest absolute Gasteiger partial charge is 0.341 e. The topological polar surface area (TPSA) is 40.6 Å². The first kappa shape index (κ1) is 21.3. The highest BCUT2D eigenvalue weighted by atomic mass is 16.2. The number of likely N-dealkylation sites (tertiary alicyclic amines) is 1. The third-order valence-corrected chi connectivity index (χ3v) is 5.90. The summed E-state index contributed by atoms with van der Waals surface area (Å²) in [6.45, 7) is 5.30. The molecule has 29 heavy (non-hydrogen) atoms. The summed E-state index contributed by atoms with van der Waals surface area (Å²) in [6.07, 6.45) is 3.89. The van der Waals surface area contributed by atoms with Crippen molar-refractivity contribution >= 4 is 11.7 Å². The maximum Gasteiger partial charge on any atom is 0.222 e. The number of hydrogen-bond donors (Lipinski definition) is 0. The minimum absolute atomic E-state index is 0.118. The van der Waals surface area contributed by atoms with E-state index >= 15 is 0 Å². The minimum Gasteiger partial charge on any atom is -0.341 e. The van der Waals surface area contributed by atoms with Crippen molar-refractivity contribution in [2.75, 3.05) is 20.1 Å². The van der Waals surface area contributed by atoms with Crippen LogP contribution in [0.2, 0.25) is 0 Å². The highest BCUT2D eigenvalue weighted by Gasteiger charge is 2.21. The van der Waals surface area contributed by atoms with Crippen molar-refractivity contribution in [2.45, 2.75) is 45.7 Å². The molecule has 3 rings (SSSR count). The van der Waals surface area contributed by atoms with E-state index in [4.69, 9.17) is 0 Å². The predicted octanol–water partition coefficient (Wildman–Crippen LogP) is 4.54. The quantitative estimate of drug-likeness (QED) is 0.619. The van der Waals surface area contributed by atoms with Gasteiger partial charge in [-0.25, -0.2) is 0 Å². The number of Topliss-reactive ketones (excluding diaryl/α,β-unsaturated/α-hetero) is 1.